The number of anilines is 3. The van der Waals surface area contributed by atoms with Gasteiger partial charge in [0.15, 0.2) is 0 Å². The third-order valence-electron chi connectivity index (χ3n) is 13.3. The summed E-state index contributed by atoms with van der Waals surface area (Å²) >= 11 is 3.77. The molecule has 0 radical (unpaired) electrons. The Kier molecular flexibility index (Phi) is 9.63. The van der Waals surface area contributed by atoms with Crippen LogP contribution in [0.15, 0.2) is 249 Å². The van der Waals surface area contributed by atoms with Crippen molar-refractivity contribution >= 4 is 90.9 Å². The summed E-state index contributed by atoms with van der Waals surface area (Å²) in [5.41, 5.74) is 15.6. The van der Waals surface area contributed by atoms with Crippen molar-refractivity contribution in [2.75, 3.05) is 4.90 Å². The average Bonchev–Trinajstić information content (AvgIpc) is 3.97. The molecule has 0 atom stereocenters. The van der Waals surface area contributed by atoms with Gasteiger partial charge in [-0.15, -0.1) is 22.7 Å². The molecule has 3 heteroatoms. The van der Waals surface area contributed by atoms with Crippen LogP contribution < -0.4 is 4.90 Å². The van der Waals surface area contributed by atoms with Gasteiger partial charge in [0.25, 0.3) is 0 Å². The quantitative estimate of drug-likeness (QED) is 0.147. The molecule has 13 aromatic rings. The fourth-order valence-electron chi connectivity index (χ4n) is 9.97. The lowest BCUT2D eigenvalue weighted by Gasteiger charge is -2.27. The maximum Gasteiger partial charge on any atom is 0.0555 e. The van der Waals surface area contributed by atoms with Crippen molar-refractivity contribution in [1.82, 2.24) is 0 Å². The minimum absolute atomic E-state index is 1.10. The monoisotopic (exact) mass is 887 g/mol. The lowest BCUT2D eigenvalue weighted by Crippen LogP contribution is -2.10. The smallest absolute Gasteiger partial charge is 0.0555 e. The van der Waals surface area contributed by atoms with Gasteiger partial charge in [0.05, 0.1) is 5.69 Å². The maximum atomic E-state index is 2.50. The van der Waals surface area contributed by atoms with E-state index in [1.165, 1.54) is 107 Å². The molecule has 0 unspecified atom stereocenters. The lowest BCUT2D eigenvalue weighted by atomic mass is 9.91. The van der Waals surface area contributed by atoms with E-state index in [9.17, 15) is 0 Å². The van der Waals surface area contributed by atoms with Crippen LogP contribution in [-0.2, 0) is 0 Å². The fraction of sp³-hybridized carbons (Fsp3) is 0. The van der Waals surface area contributed by atoms with Crippen LogP contribution in [0.1, 0.15) is 0 Å². The summed E-state index contributed by atoms with van der Waals surface area (Å²) in [6.07, 6.45) is 0. The molecule has 2 heterocycles. The van der Waals surface area contributed by atoms with Crippen LogP contribution in [0.2, 0.25) is 0 Å². The number of hydrogen-bond donors (Lipinski definition) is 0. The first-order chi connectivity index (χ1) is 33.2. The summed E-state index contributed by atoms with van der Waals surface area (Å²) in [4.78, 5) is 2.50. The Bertz CT molecular complexity index is 3950. The van der Waals surface area contributed by atoms with Gasteiger partial charge in [-0.05, 0) is 121 Å². The first-order valence-corrected chi connectivity index (χ1v) is 24.4. The molecule has 2 aromatic heterocycles. The molecule has 0 N–H and O–H groups in total. The van der Waals surface area contributed by atoms with E-state index < -0.39 is 0 Å². The zero-order valence-corrected chi connectivity index (χ0v) is 38.1. The second kappa shape index (κ2) is 16.4. The number of thiophene rings is 2. The highest BCUT2D eigenvalue weighted by Crippen LogP contribution is 2.50. The third-order valence-corrected chi connectivity index (χ3v) is 15.6. The minimum atomic E-state index is 1.10. The van der Waals surface area contributed by atoms with Crippen LogP contribution >= 0.6 is 22.7 Å². The molecule has 11 aromatic carbocycles. The average molecular weight is 888 g/mol. The molecule has 1 nitrogen and oxygen atoms in total. The normalized spacial score (nSPS) is 11.6. The highest BCUT2D eigenvalue weighted by Gasteiger charge is 2.23. The summed E-state index contributed by atoms with van der Waals surface area (Å²) in [5.74, 6) is 0. The second-order valence-corrected chi connectivity index (χ2v) is 19.4. The Morgan fingerprint density at radius 1 is 0.269 bits per heavy atom. The number of benzene rings is 11. The van der Waals surface area contributed by atoms with Crippen molar-refractivity contribution in [3.63, 3.8) is 0 Å². The van der Waals surface area contributed by atoms with Gasteiger partial charge < -0.3 is 4.90 Å². The number of rotatable bonds is 8. The molecule has 0 aliphatic carbocycles. The summed E-state index contributed by atoms with van der Waals surface area (Å²) in [6, 6.07) is 91.4. The van der Waals surface area contributed by atoms with Gasteiger partial charge in [-0.1, -0.05) is 194 Å². The van der Waals surface area contributed by atoms with Crippen molar-refractivity contribution in [2.45, 2.75) is 0 Å². The Morgan fingerprint density at radius 3 is 1.28 bits per heavy atom. The van der Waals surface area contributed by atoms with E-state index in [1.54, 1.807) is 0 Å². The first-order valence-electron chi connectivity index (χ1n) is 22.8. The first kappa shape index (κ1) is 39.3. The number of fused-ring (bicyclic) bond motifs is 7. The van der Waals surface area contributed by atoms with E-state index in [0.717, 1.165) is 17.1 Å². The molecule has 0 aliphatic rings. The van der Waals surface area contributed by atoms with Gasteiger partial charge in [0.2, 0.25) is 0 Å². The molecular formula is C64H41NS2. The van der Waals surface area contributed by atoms with Crippen molar-refractivity contribution in [1.29, 1.82) is 0 Å². The zero-order valence-electron chi connectivity index (χ0n) is 36.4. The largest absolute Gasteiger partial charge is 0.310 e. The van der Waals surface area contributed by atoms with Crippen LogP contribution in [0.5, 0.6) is 0 Å². The lowest BCUT2D eigenvalue weighted by molar-refractivity contribution is 1.31. The Balaban J connectivity index is 1.03. The van der Waals surface area contributed by atoms with Crippen molar-refractivity contribution < 1.29 is 0 Å². The Hall–Kier alpha value is -8.08. The van der Waals surface area contributed by atoms with Crippen molar-refractivity contribution in [3.05, 3.63) is 249 Å². The summed E-state index contributed by atoms with van der Waals surface area (Å²) in [7, 11) is 0. The maximum absolute atomic E-state index is 2.50. The van der Waals surface area contributed by atoms with Gasteiger partial charge in [-0.3, -0.25) is 0 Å². The van der Waals surface area contributed by atoms with Crippen LogP contribution in [0, 0.1) is 0 Å². The molecule has 13 rings (SSSR count). The second-order valence-electron chi connectivity index (χ2n) is 17.2. The van der Waals surface area contributed by atoms with Crippen LogP contribution in [0.25, 0.3) is 107 Å². The highest BCUT2D eigenvalue weighted by molar-refractivity contribution is 7.26. The molecule has 314 valence electrons. The summed E-state index contributed by atoms with van der Waals surface area (Å²) in [6.45, 7) is 0. The van der Waals surface area contributed by atoms with E-state index in [0.29, 0.717) is 0 Å². The van der Waals surface area contributed by atoms with Gasteiger partial charge in [0, 0.05) is 51.7 Å². The molecule has 0 fully saturated rings. The van der Waals surface area contributed by atoms with Gasteiger partial charge >= 0.3 is 0 Å². The molecule has 0 spiro atoms. The predicted octanol–water partition coefficient (Wildman–Crippen LogP) is 19.4. The van der Waals surface area contributed by atoms with Crippen molar-refractivity contribution in [3.8, 4) is 55.6 Å². The zero-order chi connectivity index (χ0) is 44.3. The van der Waals surface area contributed by atoms with E-state index in [1.807, 2.05) is 22.7 Å². The number of hydrogen-bond acceptors (Lipinski definition) is 3. The van der Waals surface area contributed by atoms with Crippen molar-refractivity contribution in [2.24, 2.45) is 0 Å². The van der Waals surface area contributed by atoms with Crippen LogP contribution in [0.4, 0.5) is 17.1 Å². The van der Waals surface area contributed by atoms with Crippen LogP contribution in [0.3, 0.4) is 0 Å². The summed E-state index contributed by atoms with van der Waals surface area (Å²) < 4.78 is 5.12. The van der Waals surface area contributed by atoms with Gasteiger partial charge in [-0.25, -0.2) is 0 Å². The SMILES string of the molecule is c1ccc(-c2ccc3c(c2)sc2cc(N(c4ccc(-c5cc6ccccc6cc5-c5ccccc5)cc4)c4ccc(-c5ccccc5)c5sc6cc(-c7ccccc7)ccc6c45)ccc23)cc1. The Morgan fingerprint density at radius 2 is 0.701 bits per heavy atom. The fourth-order valence-corrected chi connectivity index (χ4v) is 12.4. The molecule has 0 saturated carbocycles. The third kappa shape index (κ3) is 6.99. The van der Waals surface area contributed by atoms with E-state index in [2.05, 4.69) is 254 Å². The van der Waals surface area contributed by atoms with E-state index >= 15 is 0 Å². The minimum Gasteiger partial charge on any atom is -0.310 e. The van der Waals surface area contributed by atoms with Gasteiger partial charge in [-0.2, -0.15) is 0 Å². The molecule has 0 aliphatic heterocycles. The molecule has 0 amide bonds. The van der Waals surface area contributed by atoms with Crippen LogP contribution in [-0.4, -0.2) is 0 Å². The molecular weight excluding hydrogens is 847 g/mol. The standard InChI is InChI=1S/C64H41NS2/c1-5-15-42(16-6-1)49-27-32-54-55-34-31-52(41-62(55)66-60(54)39-49)65(51-29-25-46(26-30-51)58-38-48-24-14-13-23-47(48)37-57(58)45-21-11-4-12-22-45)59-36-35-53(44-19-9-3-10-20-44)64-63(59)56-33-28-50(40-61(56)67-64)43-17-7-2-8-18-43/h1-41H. The van der Waals surface area contributed by atoms with E-state index in [4.69, 9.17) is 0 Å². The molecule has 0 bridgehead atoms. The predicted molar refractivity (Wildman–Crippen MR) is 292 cm³/mol. The van der Waals surface area contributed by atoms with E-state index in [-0.39, 0.29) is 0 Å². The van der Waals surface area contributed by atoms with Gasteiger partial charge in [0.1, 0.15) is 0 Å². The molecule has 67 heavy (non-hydrogen) atoms. The Labute approximate surface area is 397 Å². The summed E-state index contributed by atoms with van der Waals surface area (Å²) in [5, 5.41) is 7.56. The molecule has 0 saturated heterocycles. The number of nitrogens with zero attached hydrogens (tertiary/aromatic N) is 1. The highest BCUT2D eigenvalue weighted by atomic mass is 32.1. The topological polar surface area (TPSA) is 3.24 Å².